The highest BCUT2D eigenvalue weighted by Crippen LogP contribution is 2.09. The van der Waals surface area contributed by atoms with Crippen LogP contribution in [-0.4, -0.2) is 15.6 Å². The Kier molecular flexibility index (Phi) is 6.60. The van der Waals surface area contributed by atoms with Gasteiger partial charge in [0.2, 0.25) is 0 Å². The van der Waals surface area contributed by atoms with E-state index in [2.05, 4.69) is 18.9 Å². The van der Waals surface area contributed by atoms with Crippen LogP contribution in [0.4, 0.5) is 0 Å². The van der Waals surface area contributed by atoms with Crippen LogP contribution in [0.1, 0.15) is 69.2 Å². The molecule has 0 aliphatic heterocycles. The third kappa shape index (κ3) is 5.16. The molecule has 3 nitrogen and oxygen atoms in total. The first-order chi connectivity index (χ1) is 8.27. The van der Waals surface area contributed by atoms with Crippen LogP contribution in [0.15, 0.2) is 12.4 Å². The third-order valence-corrected chi connectivity index (χ3v) is 2.92. The van der Waals surface area contributed by atoms with E-state index in [1.807, 2.05) is 10.9 Å². The SMILES string of the molecule is CCCCCCCC(=O)c1cnn(CCC)c1. The van der Waals surface area contributed by atoms with Gasteiger partial charge in [-0.3, -0.25) is 9.48 Å². The zero-order valence-corrected chi connectivity index (χ0v) is 11.1. The van der Waals surface area contributed by atoms with Crippen LogP contribution in [0.5, 0.6) is 0 Å². The number of carbonyl (C=O) groups is 1. The van der Waals surface area contributed by atoms with E-state index in [9.17, 15) is 4.79 Å². The van der Waals surface area contributed by atoms with Crippen molar-refractivity contribution in [1.29, 1.82) is 0 Å². The second-order valence-corrected chi connectivity index (χ2v) is 4.58. The zero-order valence-electron chi connectivity index (χ0n) is 11.1. The summed E-state index contributed by atoms with van der Waals surface area (Å²) in [4.78, 5) is 11.8. The van der Waals surface area contributed by atoms with E-state index in [4.69, 9.17) is 0 Å². The van der Waals surface area contributed by atoms with Crippen molar-refractivity contribution in [3.05, 3.63) is 18.0 Å². The number of nitrogens with zero attached hydrogens (tertiary/aromatic N) is 2. The summed E-state index contributed by atoms with van der Waals surface area (Å²) in [7, 11) is 0. The Hall–Kier alpha value is -1.12. The van der Waals surface area contributed by atoms with Gasteiger partial charge in [-0.05, 0) is 12.8 Å². The van der Waals surface area contributed by atoms with Crippen molar-refractivity contribution in [3.8, 4) is 0 Å². The lowest BCUT2D eigenvalue weighted by molar-refractivity contribution is 0.0979. The van der Waals surface area contributed by atoms with E-state index in [0.29, 0.717) is 6.42 Å². The van der Waals surface area contributed by atoms with Gasteiger partial charge in [0.25, 0.3) is 0 Å². The molecule has 0 aromatic carbocycles. The number of Topliss-reactive ketones (excluding diaryl/α,β-unsaturated/α-hetero) is 1. The fourth-order valence-corrected chi connectivity index (χ4v) is 1.89. The largest absolute Gasteiger partial charge is 0.294 e. The van der Waals surface area contributed by atoms with Gasteiger partial charge in [0.05, 0.1) is 11.8 Å². The van der Waals surface area contributed by atoms with E-state index in [1.54, 1.807) is 6.20 Å². The molecule has 0 saturated heterocycles. The molecule has 0 N–H and O–H groups in total. The van der Waals surface area contributed by atoms with E-state index in [0.717, 1.165) is 24.9 Å². The van der Waals surface area contributed by atoms with E-state index in [1.165, 1.54) is 25.7 Å². The molecule has 0 spiro atoms. The summed E-state index contributed by atoms with van der Waals surface area (Å²) in [5.41, 5.74) is 0.772. The first-order valence-corrected chi connectivity index (χ1v) is 6.83. The number of ketones is 1. The number of aryl methyl sites for hydroxylation is 1. The molecule has 0 atom stereocenters. The average molecular weight is 236 g/mol. The van der Waals surface area contributed by atoms with Gasteiger partial charge < -0.3 is 0 Å². The molecule has 3 heteroatoms. The molecule has 0 amide bonds. The molecule has 0 bridgehead atoms. The molecule has 0 radical (unpaired) electrons. The van der Waals surface area contributed by atoms with Gasteiger partial charge in [-0.25, -0.2) is 0 Å². The lowest BCUT2D eigenvalue weighted by Gasteiger charge is -1.99. The number of unbranched alkanes of at least 4 members (excludes halogenated alkanes) is 4. The van der Waals surface area contributed by atoms with Crippen LogP contribution in [0.3, 0.4) is 0 Å². The fourth-order valence-electron chi connectivity index (χ4n) is 1.89. The second kappa shape index (κ2) is 8.04. The van der Waals surface area contributed by atoms with Crippen LogP contribution in [0.25, 0.3) is 0 Å². The molecule has 0 saturated carbocycles. The first kappa shape index (κ1) is 13.9. The van der Waals surface area contributed by atoms with E-state index >= 15 is 0 Å². The van der Waals surface area contributed by atoms with Crippen LogP contribution in [0, 0.1) is 0 Å². The summed E-state index contributed by atoms with van der Waals surface area (Å²) in [5.74, 6) is 0.240. The Morgan fingerprint density at radius 3 is 2.65 bits per heavy atom. The van der Waals surface area contributed by atoms with Gasteiger partial charge >= 0.3 is 0 Å². The molecule has 0 aliphatic rings. The first-order valence-electron chi connectivity index (χ1n) is 6.83. The van der Waals surface area contributed by atoms with Crippen molar-refractivity contribution in [2.24, 2.45) is 0 Å². The standard InChI is InChI=1S/C14H24N2O/c1-3-5-6-7-8-9-14(17)13-11-15-16(12-13)10-4-2/h11-12H,3-10H2,1-2H3. The lowest BCUT2D eigenvalue weighted by Crippen LogP contribution is -1.99. The molecule has 1 rings (SSSR count). The molecular formula is C14H24N2O. The Morgan fingerprint density at radius 1 is 1.18 bits per heavy atom. The molecular weight excluding hydrogens is 212 g/mol. The van der Waals surface area contributed by atoms with Crippen molar-refractivity contribution < 1.29 is 4.79 Å². The van der Waals surface area contributed by atoms with Gasteiger partial charge in [-0.2, -0.15) is 5.10 Å². The highest BCUT2D eigenvalue weighted by Gasteiger charge is 2.07. The van der Waals surface area contributed by atoms with Crippen LogP contribution in [-0.2, 0) is 6.54 Å². The Bertz CT molecular complexity index is 331. The number of hydrogen-bond acceptors (Lipinski definition) is 2. The van der Waals surface area contributed by atoms with E-state index in [-0.39, 0.29) is 5.78 Å². The fraction of sp³-hybridized carbons (Fsp3) is 0.714. The van der Waals surface area contributed by atoms with Gasteiger partial charge in [-0.1, -0.05) is 39.5 Å². The summed E-state index contributed by atoms with van der Waals surface area (Å²) < 4.78 is 1.85. The molecule has 1 aromatic heterocycles. The Balaban J connectivity index is 2.26. The quantitative estimate of drug-likeness (QED) is 0.482. The predicted molar refractivity (Wildman–Crippen MR) is 70.2 cm³/mol. The van der Waals surface area contributed by atoms with Crippen molar-refractivity contribution in [1.82, 2.24) is 9.78 Å². The minimum atomic E-state index is 0.240. The van der Waals surface area contributed by atoms with Gasteiger partial charge in [0.1, 0.15) is 0 Å². The molecule has 0 unspecified atom stereocenters. The molecule has 1 aromatic rings. The van der Waals surface area contributed by atoms with Crippen molar-refractivity contribution >= 4 is 5.78 Å². The van der Waals surface area contributed by atoms with Crippen molar-refractivity contribution in [2.75, 3.05) is 0 Å². The molecule has 17 heavy (non-hydrogen) atoms. The summed E-state index contributed by atoms with van der Waals surface area (Å²) in [6.07, 6.45) is 11.2. The Labute approximate surface area is 104 Å². The zero-order chi connectivity index (χ0) is 12.5. The summed E-state index contributed by atoms with van der Waals surface area (Å²) in [5, 5.41) is 4.18. The highest BCUT2D eigenvalue weighted by atomic mass is 16.1. The second-order valence-electron chi connectivity index (χ2n) is 4.58. The highest BCUT2D eigenvalue weighted by molar-refractivity contribution is 5.95. The minimum absolute atomic E-state index is 0.240. The number of carbonyl (C=O) groups excluding carboxylic acids is 1. The molecule has 0 fully saturated rings. The number of rotatable bonds is 9. The third-order valence-electron chi connectivity index (χ3n) is 2.92. The van der Waals surface area contributed by atoms with Crippen LogP contribution < -0.4 is 0 Å². The normalized spacial score (nSPS) is 10.7. The molecule has 0 aliphatic carbocycles. The van der Waals surface area contributed by atoms with Crippen molar-refractivity contribution in [3.63, 3.8) is 0 Å². The van der Waals surface area contributed by atoms with Crippen molar-refractivity contribution in [2.45, 2.75) is 65.3 Å². The van der Waals surface area contributed by atoms with Crippen LogP contribution >= 0.6 is 0 Å². The lowest BCUT2D eigenvalue weighted by atomic mass is 10.1. The maximum Gasteiger partial charge on any atom is 0.166 e. The number of hydrogen-bond donors (Lipinski definition) is 0. The minimum Gasteiger partial charge on any atom is -0.294 e. The summed E-state index contributed by atoms with van der Waals surface area (Å²) >= 11 is 0. The van der Waals surface area contributed by atoms with Gasteiger partial charge in [0.15, 0.2) is 5.78 Å². The molecule has 1 heterocycles. The average Bonchev–Trinajstić information content (AvgIpc) is 2.78. The van der Waals surface area contributed by atoms with Crippen LogP contribution in [0.2, 0.25) is 0 Å². The predicted octanol–water partition coefficient (Wildman–Crippen LogP) is 3.84. The topological polar surface area (TPSA) is 34.9 Å². The smallest absolute Gasteiger partial charge is 0.166 e. The van der Waals surface area contributed by atoms with E-state index < -0.39 is 0 Å². The van der Waals surface area contributed by atoms with Gasteiger partial charge in [-0.15, -0.1) is 0 Å². The summed E-state index contributed by atoms with van der Waals surface area (Å²) in [6.45, 7) is 5.20. The Morgan fingerprint density at radius 2 is 1.94 bits per heavy atom. The summed E-state index contributed by atoms with van der Waals surface area (Å²) in [6, 6.07) is 0. The maximum absolute atomic E-state index is 11.8. The number of aromatic nitrogens is 2. The van der Waals surface area contributed by atoms with Gasteiger partial charge in [0, 0.05) is 19.2 Å². The monoisotopic (exact) mass is 236 g/mol. The maximum atomic E-state index is 11.8. The molecule has 96 valence electrons.